The van der Waals surface area contributed by atoms with Crippen molar-refractivity contribution >= 4 is 49.5 Å². The number of halogens is 2. The van der Waals surface area contributed by atoms with Crippen molar-refractivity contribution in [3.05, 3.63) is 57.2 Å². The zero-order chi connectivity index (χ0) is 12.7. The van der Waals surface area contributed by atoms with Gasteiger partial charge in [-0.25, -0.2) is 0 Å². The van der Waals surface area contributed by atoms with E-state index in [0.717, 1.165) is 5.56 Å². The molecule has 0 aliphatic carbocycles. The first-order chi connectivity index (χ1) is 8.72. The highest BCUT2D eigenvalue weighted by Crippen LogP contribution is 2.28. The highest BCUT2D eigenvalue weighted by atomic mass is 79.9. The Morgan fingerprint density at radius 1 is 1.17 bits per heavy atom. The van der Waals surface area contributed by atoms with Gasteiger partial charge in [-0.05, 0) is 18.2 Å². The first-order valence-corrected chi connectivity index (χ1v) is 6.91. The molecule has 4 heteroatoms. The lowest BCUT2D eigenvalue weighted by atomic mass is 10.1. The minimum Gasteiger partial charge on any atom is -0.455 e. The molecule has 0 spiro atoms. The van der Waals surface area contributed by atoms with E-state index in [1.165, 1.54) is 0 Å². The molecular weight excluding hydrogens is 316 g/mol. The van der Waals surface area contributed by atoms with Crippen LogP contribution >= 0.6 is 27.5 Å². The number of alkyl halides is 1. The molecule has 0 aliphatic heterocycles. The smallest absolute Gasteiger partial charge is 0.202 e. The minimum absolute atomic E-state index is 0.0837. The molecule has 0 unspecified atom stereocenters. The van der Waals surface area contributed by atoms with Gasteiger partial charge in [0.05, 0.1) is 15.8 Å². The number of fused-ring (bicyclic) bond motifs is 2. The molecule has 1 aromatic heterocycles. The van der Waals surface area contributed by atoms with Crippen LogP contribution in [0.4, 0.5) is 0 Å². The molecule has 0 N–H and O–H groups in total. The Morgan fingerprint density at radius 2 is 1.94 bits per heavy atom. The van der Waals surface area contributed by atoms with E-state index in [4.69, 9.17) is 16.0 Å². The molecule has 2 aromatic carbocycles. The monoisotopic (exact) mass is 322 g/mol. The molecule has 0 radical (unpaired) electrons. The highest BCUT2D eigenvalue weighted by Gasteiger charge is 2.13. The second-order valence-corrected chi connectivity index (χ2v) is 4.94. The molecule has 0 aliphatic rings. The van der Waals surface area contributed by atoms with E-state index in [1.54, 1.807) is 18.2 Å². The maximum absolute atomic E-state index is 12.4. The molecule has 0 amide bonds. The van der Waals surface area contributed by atoms with Gasteiger partial charge < -0.3 is 4.42 Å². The molecule has 0 fully saturated rings. The minimum atomic E-state index is -0.0837. The van der Waals surface area contributed by atoms with Crippen molar-refractivity contribution in [2.45, 2.75) is 5.33 Å². The van der Waals surface area contributed by atoms with Gasteiger partial charge in [0, 0.05) is 10.9 Å². The van der Waals surface area contributed by atoms with E-state index in [2.05, 4.69) is 15.9 Å². The van der Waals surface area contributed by atoms with E-state index >= 15 is 0 Å². The zero-order valence-electron chi connectivity index (χ0n) is 9.24. The molecule has 18 heavy (non-hydrogen) atoms. The van der Waals surface area contributed by atoms with Gasteiger partial charge in [-0.15, -0.1) is 0 Å². The summed E-state index contributed by atoms with van der Waals surface area (Å²) in [5, 5.41) is 2.04. The lowest BCUT2D eigenvalue weighted by Gasteiger charge is -2.06. The summed E-state index contributed by atoms with van der Waals surface area (Å²) < 4.78 is 5.82. The summed E-state index contributed by atoms with van der Waals surface area (Å²) in [6.45, 7) is 0. The van der Waals surface area contributed by atoms with Crippen molar-refractivity contribution in [3.8, 4) is 0 Å². The van der Waals surface area contributed by atoms with E-state index in [1.807, 2.05) is 18.2 Å². The lowest BCUT2D eigenvalue weighted by molar-refractivity contribution is 0.656. The summed E-state index contributed by atoms with van der Waals surface area (Å²) >= 11 is 9.50. The number of hydrogen-bond donors (Lipinski definition) is 0. The second kappa shape index (κ2) is 4.41. The maximum Gasteiger partial charge on any atom is 0.202 e. The standard InChI is InChI=1S/C14H8BrClO2/c15-7-8-5-6-10(16)12-13(17)9-3-1-2-4-11(9)18-14(8)12/h1-6H,7H2. The van der Waals surface area contributed by atoms with E-state index in [9.17, 15) is 4.79 Å². The summed E-state index contributed by atoms with van der Waals surface area (Å²) in [5.74, 6) is 0. The SMILES string of the molecule is O=c1c2ccccc2oc2c(CBr)ccc(Cl)c12. The lowest BCUT2D eigenvalue weighted by Crippen LogP contribution is -2.03. The van der Waals surface area contributed by atoms with Crippen LogP contribution < -0.4 is 5.43 Å². The van der Waals surface area contributed by atoms with E-state index < -0.39 is 0 Å². The van der Waals surface area contributed by atoms with Crippen LogP contribution in [0.25, 0.3) is 21.9 Å². The zero-order valence-corrected chi connectivity index (χ0v) is 11.6. The molecule has 90 valence electrons. The summed E-state index contributed by atoms with van der Waals surface area (Å²) in [7, 11) is 0. The van der Waals surface area contributed by atoms with Crippen LogP contribution in [0, 0.1) is 0 Å². The quantitative estimate of drug-likeness (QED) is 0.488. The van der Waals surface area contributed by atoms with Gasteiger partial charge in [0.15, 0.2) is 0 Å². The Kier molecular flexibility index (Phi) is 2.88. The van der Waals surface area contributed by atoms with E-state index in [0.29, 0.717) is 32.3 Å². The summed E-state index contributed by atoms with van der Waals surface area (Å²) in [5.41, 5.74) is 1.97. The molecule has 0 atom stereocenters. The predicted molar refractivity (Wildman–Crippen MR) is 77.6 cm³/mol. The first-order valence-electron chi connectivity index (χ1n) is 5.41. The predicted octanol–water partition coefficient (Wildman–Crippen LogP) is 4.49. The first kappa shape index (κ1) is 11.8. The van der Waals surface area contributed by atoms with Crippen LogP contribution in [0.15, 0.2) is 45.6 Å². The Balaban J connectivity index is 2.63. The Morgan fingerprint density at radius 3 is 2.72 bits per heavy atom. The maximum atomic E-state index is 12.4. The third-order valence-corrected chi connectivity index (χ3v) is 3.82. The van der Waals surface area contributed by atoms with Crippen LogP contribution in [0.3, 0.4) is 0 Å². The van der Waals surface area contributed by atoms with Crippen molar-refractivity contribution in [1.29, 1.82) is 0 Å². The number of para-hydroxylation sites is 1. The van der Waals surface area contributed by atoms with Gasteiger partial charge in [-0.3, -0.25) is 4.79 Å². The van der Waals surface area contributed by atoms with Crippen LogP contribution in [0.2, 0.25) is 5.02 Å². The largest absolute Gasteiger partial charge is 0.455 e. The molecule has 0 saturated carbocycles. The Bertz CT molecular complexity index is 808. The van der Waals surface area contributed by atoms with Crippen molar-refractivity contribution in [2.24, 2.45) is 0 Å². The number of hydrogen-bond acceptors (Lipinski definition) is 2. The topological polar surface area (TPSA) is 30.2 Å². The van der Waals surface area contributed by atoms with Crippen molar-refractivity contribution in [3.63, 3.8) is 0 Å². The van der Waals surface area contributed by atoms with Crippen LogP contribution in [-0.2, 0) is 5.33 Å². The van der Waals surface area contributed by atoms with Gasteiger partial charge in [0.25, 0.3) is 0 Å². The molecule has 0 saturated heterocycles. The highest BCUT2D eigenvalue weighted by molar-refractivity contribution is 9.08. The van der Waals surface area contributed by atoms with Crippen molar-refractivity contribution in [1.82, 2.24) is 0 Å². The molecule has 3 rings (SSSR count). The molecule has 3 aromatic rings. The van der Waals surface area contributed by atoms with Gasteiger partial charge in [-0.2, -0.15) is 0 Å². The Hall–Kier alpha value is -1.32. The average Bonchev–Trinajstić information content (AvgIpc) is 2.39. The van der Waals surface area contributed by atoms with Gasteiger partial charge in [0.2, 0.25) is 5.43 Å². The molecule has 0 bridgehead atoms. The average molecular weight is 324 g/mol. The molecule has 1 heterocycles. The van der Waals surface area contributed by atoms with E-state index in [-0.39, 0.29) is 5.43 Å². The molecular formula is C14H8BrClO2. The normalized spacial score (nSPS) is 11.2. The fourth-order valence-corrected chi connectivity index (χ4v) is 2.70. The summed E-state index contributed by atoms with van der Waals surface area (Å²) in [6.07, 6.45) is 0. The third-order valence-electron chi connectivity index (χ3n) is 2.90. The fourth-order valence-electron chi connectivity index (χ4n) is 2.02. The second-order valence-electron chi connectivity index (χ2n) is 3.97. The van der Waals surface area contributed by atoms with Crippen molar-refractivity contribution < 1.29 is 4.42 Å². The fraction of sp³-hybridized carbons (Fsp3) is 0.0714. The number of benzene rings is 2. The van der Waals surface area contributed by atoms with Crippen LogP contribution in [-0.4, -0.2) is 0 Å². The van der Waals surface area contributed by atoms with Crippen LogP contribution in [0.1, 0.15) is 5.56 Å². The summed E-state index contributed by atoms with van der Waals surface area (Å²) in [4.78, 5) is 12.4. The molecule has 2 nitrogen and oxygen atoms in total. The van der Waals surface area contributed by atoms with Gasteiger partial charge in [0.1, 0.15) is 11.2 Å². The Labute approximate surface area is 116 Å². The number of rotatable bonds is 1. The third kappa shape index (κ3) is 1.66. The van der Waals surface area contributed by atoms with Gasteiger partial charge in [-0.1, -0.05) is 45.7 Å². The van der Waals surface area contributed by atoms with Gasteiger partial charge >= 0.3 is 0 Å². The van der Waals surface area contributed by atoms with Crippen LogP contribution in [0.5, 0.6) is 0 Å². The summed E-state index contributed by atoms with van der Waals surface area (Å²) in [6, 6.07) is 10.8. The van der Waals surface area contributed by atoms with Crippen molar-refractivity contribution in [2.75, 3.05) is 0 Å².